The molecular formula is C12H27NO. The van der Waals surface area contributed by atoms with E-state index in [1.807, 2.05) is 6.92 Å². The average Bonchev–Trinajstić information content (AvgIpc) is 1.78. The van der Waals surface area contributed by atoms with E-state index in [9.17, 15) is 0 Å². The fourth-order valence-corrected chi connectivity index (χ4v) is 2.05. The number of hydrogen-bond acceptors (Lipinski definition) is 2. The van der Waals surface area contributed by atoms with Crippen LogP contribution in [0.1, 0.15) is 48.5 Å². The monoisotopic (exact) mass is 201 g/mol. The van der Waals surface area contributed by atoms with E-state index >= 15 is 0 Å². The van der Waals surface area contributed by atoms with Gasteiger partial charge in [0.15, 0.2) is 0 Å². The van der Waals surface area contributed by atoms with E-state index in [4.69, 9.17) is 10.5 Å². The SMILES string of the molecule is CC(N)COC(C(C)(C)C)C(C)(C)C. The molecule has 0 aromatic rings. The maximum atomic E-state index is 5.91. The summed E-state index contributed by atoms with van der Waals surface area (Å²) in [5.74, 6) is 0. The summed E-state index contributed by atoms with van der Waals surface area (Å²) in [7, 11) is 0. The maximum Gasteiger partial charge on any atom is 0.0672 e. The van der Waals surface area contributed by atoms with Crippen LogP contribution in [-0.2, 0) is 4.74 Å². The Labute approximate surface area is 89.2 Å². The Hall–Kier alpha value is -0.0800. The molecule has 14 heavy (non-hydrogen) atoms. The van der Waals surface area contributed by atoms with Gasteiger partial charge in [-0.3, -0.25) is 0 Å². The van der Waals surface area contributed by atoms with Crippen molar-refractivity contribution in [3.8, 4) is 0 Å². The molecule has 0 aliphatic rings. The molecule has 0 aliphatic heterocycles. The lowest BCUT2D eigenvalue weighted by Crippen LogP contribution is -2.42. The van der Waals surface area contributed by atoms with E-state index in [-0.39, 0.29) is 23.0 Å². The predicted octanol–water partition coefficient (Wildman–Crippen LogP) is 2.81. The molecule has 0 spiro atoms. The van der Waals surface area contributed by atoms with Gasteiger partial charge in [-0.15, -0.1) is 0 Å². The van der Waals surface area contributed by atoms with Crippen LogP contribution in [0.3, 0.4) is 0 Å². The van der Waals surface area contributed by atoms with E-state index in [1.165, 1.54) is 0 Å². The van der Waals surface area contributed by atoms with Crippen molar-refractivity contribution >= 4 is 0 Å². The number of hydrogen-bond donors (Lipinski definition) is 1. The summed E-state index contributed by atoms with van der Waals surface area (Å²) < 4.78 is 5.91. The molecule has 0 rings (SSSR count). The molecule has 0 saturated heterocycles. The molecule has 0 radical (unpaired) electrons. The van der Waals surface area contributed by atoms with Gasteiger partial charge in [-0.05, 0) is 17.8 Å². The van der Waals surface area contributed by atoms with Crippen LogP contribution < -0.4 is 5.73 Å². The van der Waals surface area contributed by atoms with Gasteiger partial charge in [0.25, 0.3) is 0 Å². The Balaban J connectivity index is 4.44. The first-order valence-corrected chi connectivity index (χ1v) is 5.42. The Kier molecular flexibility index (Phi) is 4.60. The van der Waals surface area contributed by atoms with Gasteiger partial charge >= 0.3 is 0 Å². The molecular weight excluding hydrogens is 174 g/mol. The fourth-order valence-electron chi connectivity index (χ4n) is 2.05. The fraction of sp³-hybridized carbons (Fsp3) is 1.00. The second-order valence-corrected chi connectivity index (χ2v) is 6.42. The predicted molar refractivity (Wildman–Crippen MR) is 62.3 cm³/mol. The molecule has 2 heteroatoms. The summed E-state index contributed by atoms with van der Waals surface area (Å²) in [4.78, 5) is 0. The van der Waals surface area contributed by atoms with Crippen molar-refractivity contribution in [2.75, 3.05) is 6.61 Å². The summed E-state index contributed by atoms with van der Waals surface area (Å²) in [5, 5.41) is 0. The Morgan fingerprint density at radius 2 is 1.36 bits per heavy atom. The lowest BCUT2D eigenvalue weighted by Gasteiger charge is -2.40. The first-order valence-electron chi connectivity index (χ1n) is 5.42. The summed E-state index contributed by atoms with van der Waals surface area (Å²) in [5.41, 5.74) is 6.02. The van der Waals surface area contributed by atoms with Crippen molar-refractivity contribution in [3.05, 3.63) is 0 Å². The van der Waals surface area contributed by atoms with E-state index in [0.717, 1.165) is 0 Å². The van der Waals surface area contributed by atoms with Crippen molar-refractivity contribution in [3.63, 3.8) is 0 Å². The summed E-state index contributed by atoms with van der Waals surface area (Å²) >= 11 is 0. The molecule has 0 fully saturated rings. The normalized spacial score (nSPS) is 16.1. The number of rotatable bonds is 3. The quantitative estimate of drug-likeness (QED) is 0.762. The molecule has 1 unspecified atom stereocenters. The second kappa shape index (κ2) is 4.63. The number of ether oxygens (including phenoxy) is 1. The van der Waals surface area contributed by atoms with E-state index in [0.29, 0.717) is 6.61 Å². The standard InChI is InChI=1S/C12H27NO/c1-9(13)8-14-10(11(2,3)4)12(5,6)7/h9-10H,8,13H2,1-7H3. The largest absolute Gasteiger partial charge is 0.376 e. The summed E-state index contributed by atoms with van der Waals surface area (Å²) in [6, 6.07) is 0.113. The lowest BCUT2D eigenvalue weighted by atomic mass is 9.74. The molecule has 0 bridgehead atoms. The Morgan fingerprint density at radius 1 is 1.00 bits per heavy atom. The van der Waals surface area contributed by atoms with Gasteiger partial charge in [0, 0.05) is 6.04 Å². The van der Waals surface area contributed by atoms with Gasteiger partial charge in [0.05, 0.1) is 12.7 Å². The minimum Gasteiger partial charge on any atom is -0.376 e. The highest BCUT2D eigenvalue weighted by atomic mass is 16.5. The lowest BCUT2D eigenvalue weighted by molar-refractivity contribution is -0.0844. The molecule has 0 heterocycles. The first kappa shape index (κ1) is 13.9. The third-order valence-corrected chi connectivity index (χ3v) is 2.10. The van der Waals surface area contributed by atoms with E-state index in [1.54, 1.807) is 0 Å². The van der Waals surface area contributed by atoms with Crippen molar-refractivity contribution < 1.29 is 4.74 Å². The van der Waals surface area contributed by atoms with Crippen LogP contribution in [0.2, 0.25) is 0 Å². The van der Waals surface area contributed by atoms with E-state index < -0.39 is 0 Å². The maximum absolute atomic E-state index is 5.91. The van der Waals surface area contributed by atoms with Crippen molar-refractivity contribution in [1.29, 1.82) is 0 Å². The molecule has 0 saturated carbocycles. The van der Waals surface area contributed by atoms with Crippen molar-refractivity contribution in [1.82, 2.24) is 0 Å². The topological polar surface area (TPSA) is 35.2 Å². The summed E-state index contributed by atoms with van der Waals surface area (Å²) in [6.07, 6.45) is 0.237. The van der Waals surface area contributed by atoms with Gasteiger partial charge in [-0.1, -0.05) is 41.5 Å². The molecule has 0 aromatic heterocycles. The second-order valence-electron chi connectivity index (χ2n) is 6.42. The molecule has 1 atom stereocenters. The van der Waals surface area contributed by atoms with Crippen LogP contribution in [0, 0.1) is 10.8 Å². The third kappa shape index (κ3) is 4.97. The number of nitrogens with two attached hydrogens (primary N) is 1. The van der Waals surface area contributed by atoms with Crippen molar-refractivity contribution in [2.45, 2.75) is 60.6 Å². The van der Waals surface area contributed by atoms with E-state index in [2.05, 4.69) is 41.5 Å². The molecule has 86 valence electrons. The minimum absolute atomic E-state index is 0.113. The molecule has 2 N–H and O–H groups in total. The van der Waals surface area contributed by atoms with Gasteiger partial charge in [-0.25, -0.2) is 0 Å². The van der Waals surface area contributed by atoms with Crippen LogP contribution in [-0.4, -0.2) is 18.8 Å². The zero-order valence-corrected chi connectivity index (χ0v) is 10.8. The summed E-state index contributed by atoms with van der Waals surface area (Å²) in [6.45, 7) is 15.9. The smallest absolute Gasteiger partial charge is 0.0672 e. The zero-order chi connectivity index (χ0) is 11.6. The molecule has 2 nitrogen and oxygen atoms in total. The van der Waals surface area contributed by atoms with Gasteiger partial charge in [0.2, 0.25) is 0 Å². The Morgan fingerprint density at radius 3 is 1.57 bits per heavy atom. The first-order chi connectivity index (χ1) is 6.05. The van der Waals surface area contributed by atoms with Crippen LogP contribution in [0.15, 0.2) is 0 Å². The molecule has 0 amide bonds. The van der Waals surface area contributed by atoms with Gasteiger partial charge in [0.1, 0.15) is 0 Å². The van der Waals surface area contributed by atoms with Crippen LogP contribution >= 0.6 is 0 Å². The van der Waals surface area contributed by atoms with Gasteiger partial charge < -0.3 is 10.5 Å². The average molecular weight is 201 g/mol. The van der Waals surface area contributed by atoms with Crippen LogP contribution in [0.5, 0.6) is 0 Å². The van der Waals surface area contributed by atoms with Crippen molar-refractivity contribution in [2.24, 2.45) is 16.6 Å². The minimum atomic E-state index is 0.113. The van der Waals surface area contributed by atoms with Gasteiger partial charge in [-0.2, -0.15) is 0 Å². The highest BCUT2D eigenvalue weighted by molar-refractivity contribution is 4.85. The zero-order valence-electron chi connectivity index (χ0n) is 10.8. The third-order valence-electron chi connectivity index (χ3n) is 2.10. The highest BCUT2D eigenvalue weighted by Crippen LogP contribution is 2.35. The highest BCUT2D eigenvalue weighted by Gasteiger charge is 2.35. The van der Waals surface area contributed by atoms with Crippen LogP contribution in [0.25, 0.3) is 0 Å². The molecule has 0 aromatic carbocycles. The Bertz CT molecular complexity index is 148. The van der Waals surface area contributed by atoms with Crippen LogP contribution in [0.4, 0.5) is 0 Å². The molecule has 0 aliphatic carbocycles.